The van der Waals surface area contributed by atoms with Crippen LogP contribution in [0.1, 0.15) is 66.6 Å². The van der Waals surface area contributed by atoms with Crippen molar-refractivity contribution in [3.8, 4) is 5.69 Å². The molecule has 4 bridgehead atoms. The van der Waals surface area contributed by atoms with Crippen LogP contribution in [0.2, 0.25) is 0 Å². The van der Waals surface area contributed by atoms with Gasteiger partial charge in [0.05, 0.1) is 5.69 Å². The molecule has 4 aliphatic carbocycles. The summed E-state index contributed by atoms with van der Waals surface area (Å²) in [4.78, 5) is 40.5. The molecule has 4 amide bonds. The first-order valence-electron chi connectivity index (χ1n) is 14.5. The molecule has 1 aliphatic heterocycles. The van der Waals surface area contributed by atoms with Gasteiger partial charge in [0, 0.05) is 17.1 Å². The average molecular weight is 534 g/mol. The van der Waals surface area contributed by atoms with Crippen molar-refractivity contribution in [3.05, 3.63) is 88.2 Å². The quantitative estimate of drug-likeness (QED) is 0.306. The molecule has 6 heteroatoms. The number of hydrogen-bond donors (Lipinski definition) is 1. The number of anilines is 1. The zero-order valence-corrected chi connectivity index (χ0v) is 23.4. The van der Waals surface area contributed by atoms with Gasteiger partial charge in [-0.25, -0.2) is 9.69 Å². The summed E-state index contributed by atoms with van der Waals surface area (Å²) < 4.78 is 2.11. The van der Waals surface area contributed by atoms with Gasteiger partial charge in [0.15, 0.2) is 0 Å². The Labute approximate surface area is 235 Å². The van der Waals surface area contributed by atoms with Crippen LogP contribution in [0.25, 0.3) is 11.8 Å². The molecule has 1 saturated heterocycles. The molecule has 204 valence electrons. The number of carbonyl (C=O) groups excluding carboxylic acids is 3. The summed E-state index contributed by atoms with van der Waals surface area (Å²) in [7, 11) is 0. The van der Waals surface area contributed by atoms with Crippen molar-refractivity contribution in [2.75, 3.05) is 4.90 Å². The number of barbiturate groups is 1. The number of benzene rings is 2. The summed E-state index contributed by atoms with van der Waals surface area (Å²) in [6.07, 6.45) is 9.52. The zero-order valence-electron chi connectivity index (χ0n) is 23.4. The molecule has 4 saturated carbocycles. The smallest absolute Gasteiger partial charge is 0.318 e. The van der Waals surface area contributed by atoms with Crippen molar-refractivity contribution >= 4 is 29.6 Å². The Morgan fingerprint density at radius 3 is 2.10 bits per heavy atom. The maximum Gasteiger partial charge on any atom is 0.335 e. The largest absolute Gasteiger partial charge is 0.335 e. The minimum absolute atomic E-state index is 0.0470. The van der Waals surface area contributed by atoms with E-state index in [2.05, 4.69) is 28.1 Å². The van der Waals surface area contributed by atoms with Gasteiger partial charge in [0.1, 0.15) is 5.57 Å². The van der Waals surface area contributed by atoms with Crippen LogP contribution in [0.3, 0.4) is 0 Å². The molecule has 3 aromatic rings. The van der Waals surface area contributed by atoms with Crippen LogP contribution in [-0.4, -0.2) is 22.4 Å². The molecular weight excluding hydrogens is 498 g/mol. The van der Waals surface area contributed by atoms with Gasteiger partial charge in [0.2, 0.25) is 0 Å². The van der Waals surface area contributed by atoms with E-state index in [9.17, 15) is 14.4 Å². The number of urea groups is 1. The lowest BCUT2D eigenvalue weighted by Gasteiger charge is -2.57. The number of hydrogen-bond acceptors (Lipinski definition) is 3. The fourth-order valence-corrected chi connectivity index (χ4v) is 8.57. The van der Waals surface area contributed by atoms with Gasteiger partial charge in [-0.2, -0.15) is 0 Å². The first kappa shape index (κ1) is 25.1. The van der Waals surface area contributed by atoms with Crippen molar-refractivity contribution in [1.29, 1.82) is 0 Å². The molecule has 1 aromatic heterocycles. The monoisotopic (exact) mass is 533 g/mol. The molecular formula is C34H35N3O3. The van der Waals surface area contributed by atoms with Gasteiger partial charge in [-0.05, 0) is 136 Å². The lowest BCUT2D eigenvalue weighted by Crippen LogP contribution is -2.54. The van der Waals surface area contributed by atoms with E-state index in [0.29, 0.717) is 5.69 Å². The lowest BCUT2D eigenvalue weighted by atomic mass is 9.48. The van der Waals surface area contributed by atoms with Crippen molar-refractivity contribution in [3.63, 3.8) is 0 Å². The highest BCUT2D eigenvalue weighted by Crippen LogP contribution is 2.60. The molecule has 0 unspecified atom stereocenters. The van der Waals surface area contributed by atoms with Crippen molar-refractivity contribution in [2.45, 2.75) is 64.7 Å². The van der Waals surface area contributed by atoms with Crippen LogP contribution in [0.15, 0.2) is 60.2 Å². The predicted octanol–water partition coefficient (Wildman–Crippen LogP) is 6.54. The van der Waals surface area contributed by atoms with E-state index in [1.54, 1.807) is 6.08 Å². The predicted molar refractivity (Wildman–Crippen MR) is 155 cm³/mol. The molecule has 40 heavy (non-hydrogen) atoms. The Morgan fingerprint density at radius 2 is 1.48 bits per heavy atom. The molecule has 6 nitrogen and oxygen atoms in total. The van der Waals surface area contributed by atoms with Crippen molar-refractivity contribution < 1.29 is 14.4 Å². The van der Waals surface area contributed by atoms with Gasteiger partial charge in [-0.3, -0.25) is 14.9 Å². The molecule has 1 N–H and O–H groups in total. The Bertz CT molecular complexity index is 1560. The number of imide groups is 2. The lowest BCUT2D eigenvalue weighted by molar-refractivity contribution is -0.122. The Hall–Kier alpha value is -3.93. The van der Waals surface area contributed by atoms with E-state index in [4.69, 9.17) is 0 Å². The van der Waals surface area contributed by atoms with Gasteiger partial charge in [-0.15, -0.1) is 0 Å². The van der Waals surface area contributed by atoms with Gasteiger partial charge in [-0.1, -0.05) is 24.3 Å². The summed E-state index contributed by atoms with van der Waals surface area (Å²) in [5.74, 6) is 1.25. The topological polar surface area (TPSA) is 71.4 Å². The molecule has 0 atom stereocenters. The second-order valence-electron chi connectivity index (χ2n) is 12.7. The fraction of sp³-hybridized carbons (Fsp3) is 0.382. The minimum atomic E-state index is -0.708. The van der Waals surface area contributed by atoms with E-state index in [1.807, 2.05) is 57.2 Å². The molecule has 0 radical (unpaired) electrons. The third kappa shape index (κ3) is 3.95. The summed E-state index contributed by atoms with van der Waals surface area (Å²) in [6, 6.07) is 17.4. The average Bonchev–Trinajstić information content (AvgIpc) is 3.18. The maximum absolute atomic E-state index is 13.6. The fourth-order valence-electron chi connectivity index (χ4n) is 8.57. The van der Waals surface area contributed by atoms with E-state index in [1.165, 1.54) is 44.1 Å². The third-order valence-electron chi connectivity index (χ3n) is 9.91. The van der Waals surface area contributed by atoms with Crippen LogP contribution in [0, 0.1) is 38.5 Å². The number of rotatable bonds is 4. The third-order valence-corrected chi connectivity index (χ3v) is 9.91. The van der Waals surface area contributed by atoms with Crippen molar-refractivity contribution in [1.82, 2.24) is 9.88 Å². The standard InChI is InChI=1S/C34H35N3O3/c1-20-5-4-6-29(11-20)36-21(2)12-26(22(36)3)16-30-31(38)35-33(40)37(32(30)39)28-9-7-27(8-10-28)34-17-23-13-24(18-34)15-25(14-23)19-34/h4-12,16,23-25H,13-15,17-19H2,1-3H3,(H,35,38,40)/b30-16+. The van der Waals surface area contributed by atoms with E-state index in [0.717, 1.165) is 50.9 Å². The van der Waals surface area contributed by atoms with Gasteiger partial charge >= 0.3 is 6.03 Å². The number of nitrogens with one attached hydrogen (secondary N) is 1. The summed E-state index contributed by atoms with van der Waals surface area (Å²) in [5.41, 5.74) is 6.85. The highest BCUT2D eigenvalue weighted by molar-refractivity contribution is 6.39. The normalized spacial score (nSPS) is 28.5. The second-order valence-corrected chi connectivity index (χ2v) is 12.7. The highest BCUT2D eigenvalue weighted by atomic mass is 16.2. The number of nitrogens with zero attached hydrogens (tertiary/aromatic N) is 2. The number of carbonyl (C=O) groups is 3. The number of aromatic nitrogens is 1. The van der Waals surface area contributed by atoms with Gasteiger partial charge in [0.25, 0.3) is 11.8 Å². The molecule has 8 rings (SSSR count). The molecule has 2 aromatic carbocycles. The van der Waals surface area contributed by atoms with Crippen LogP contribution in [-0.2, 0) is 15.0 Å². The highest BCUT2D eigenvalue weighted by Gasteiger charge is 2.51. The van der Waals surface area contributed by atoms with E-state index in [-0.39, 0.29) is 11.0 Å². The Morgan fingerprint density at radius 1 is 0.825 bits per heavy atom. The van der Waals surface area contributed by atoms with Crippen LogP contribution in [0.5, 0.6) is 0 Å². The maximum atomic E-state index is 13.6. The van der Waals surface area contributed by atoms with Gasteiger partial charge < -0.3 is 4.57 Å². The SMILES string of the molecule is Cc1cccc(-n2c(C)cc(/C=C3\C(=O)NC(=O)N(c4ccc(C56CC7CC(CC(C7)C5)C6)cc4)C3=O)c2C)c1. The minimum Gasteiger partial charge on any atom is -0.318 e. The summed E-state index contributed by atoms with van der Waals surface area (Å²) in [6.45, 7) is 6.02. The van der Waals surface area contributed by atoms with E-state index < -0.39 is 17.8 Å². The van der Waals surface area contributed by atoms with Crippen LogP contribution < -0.4 is 10.2 Å². The first-order valence-corrected chi connectivity index (χ1v) is 14.5. The first-order chi connectivity index (χ1) is 19.2. The molecule has 0 spiro atoms. The summed E-state index contributed by atoms with van der Waals surface area (Å²) >= 11 is 0. The van der Waals surface area contributed by atoms with Crippen LogP contribution >= 0.6 is 0 Å². The number of aryl methyl sites for hydroxylation is 2. The number of amides is 4. The van der Waals surface area contributed by atoms with Crippen molar-refractivity contribution in [2.24, 2.45) is 17.8 Å². The Kier molecular flexibility index (Phi) is 5.67. The Balaban J connectivity index is 1.19. The summed E-state index contributed by atoms with van der Waals surface area (Å²) in [5, 5.41) is 2.38. The van der Waals surface area contributed by atoms with E-state index >= 15 is 0 Å². The molecule has 5 fully saturated rings. The molecule has 2 heterocycles. The molecule has 5 aliphatic rings. The van der Waals surface area contributed by atoms with Crippen LogP contribution in [0.4, 0.5) is 10.5 Å². The zero-order chi connectivity index (χ0) is 27.8. The second kappa shape index (κ2) is 9.05.